The molecule has 124 valence electrons. The Labute approximate surface area is 130 Å². The third-order valence-corrected chi connectivity index (χ3v) is 3.40. The van der Waals surface area contributed by atoms with Crippen molar-refractivity contribution in [1.82, 2.24) is 14.8 Å². The molecule has 1 aromatic rings. The first-order chi connectivity index (χ1) is 10.5. The maximum absolute atomic E-state index is 11.7. The topological polar surface area (TPSA) is 94.8 Å². The van der Waals surface area contributed by atoms with E-state index >= 15 is 0 Å². The van der Waals surface area contributed by atoms with Crippen LogP contribution in [0.4, 0.5) is 0 Å². The van der Waals surface area contributed by atoms with E-state index in [0.29, 0.717) is 32.6 Å². The van der Waals surface area contributed by atoms with Crippen LogP contribution in [-0.4, -0.2) is 51.8 Å². The Morgan fingerprint density at radius 2 is 2.18 bits per heavy atom. The lowest BCUT2D eigenvalue weighted by atomic mass is 10.2. The van der Waals surface area contributed by atoms with E-state index in [-0.39, 0.29) is 18.3 Å². The van der Waals surface area contributed by atoms with Gasteiger partial charge in [-0.25, -0.2) is 0 Å². The Kier molecular flexibility index (Phi) is 7.62. The summed E-state index contributed by atoms with van der Waals surface area (Å²) in [6.07, 6.45) is 2.12. The first kappa shape index (κ1) is 18.2. The van der Waals surface area contributed by atoms with Gasteiger partial charge in [0, 0.05) is 44.9 Å². The molecule has 0 saturated heterocycles. The molecule has 7 nitrogen and oxygen atoms in total. The Hall–Kier alpha value is -1.86. The molecule has 0 fully saturated rings. The van der Waals surface area contributed by atoms with Gasteiger partial charge in [-0.3, -0.25) is 14.5 Å². The molecule has 0 aliphatic rings. The number of rotatable bonds is 9. The minimum absolute atomic E-state index is 0.0543. The van der Waals surface area contributed by atoms with Crippen LogP contribution in [0.1, 0.15) is 26.0 Å². The lowest BCUT2D eigenvalue weighted by molar-refractivity contribution is -0.118. The summed E-state index contributed by atoms with van der Waals surface area (Å²) in [7, 11) is 0. The average molecular weight is 311 g/mol. The maximum Gasteiger partial charge on any atom is 0.223 e. The number of nitrogens with one attached hydrogen (secondary N) is 1. The van der Waals surface area contributed by atoms with Gasteiger partial charge in [0.25, 0.3) is 0 Å². The monoisotopic (exact) mass is 311 g/mol. The van der Waals surface area contributed by atoms with Crippen LogP contribution in [0.15, 0.2) is 17.1 Å². The molecule has 3 N–H and O–H groups in total. The number of aromatic nitrogens is 1. The Morgan fingerprint density at radius 1 is 1.45 bits per heavy atom. The Bertz CT molecular complexity index is 542. The number of aromatic hydroxyl groups is 1. The summed E-state index contributed by atoms with van der Waals surface area (Å²) >= 11 is 0. The molecule has 0 aliphatic heterocycles. The van der Waals surface area contributed by atoms with Crippen molar-refractivity contribution >= 4 is 5.91 Å². The molecule has 1 rings (SSSR count). The maximum atomic E-state index is 11.7. The number of pyridine rings is 1. The number of likely N-dealkylation sites (N-methyl/N-ethyl adjacent to an activating group) is 1. The highest BCUT2D eigenvalue weighted by Crippen LogP contribution is 2.09. The minimum atomic E-state index is -0.409. The number of carbonyl (C=O) groups excluding carboxylic acids is 1. The molecule has 0 radical (unpaired) electrons. The SMILES string of the molecule is CCN(CCO)Cc1cc(=O)c(O)cn1CCCNC(C)=O. The van der Waals surface area contributed by atoms with Crippen LogP contribution >= 0.6 is 0 Å². The molecule has 22 heavy (non-hydrogen) atoms. The summed E-state index contributed by atoms with van der Waals surface area (Å²) in [5, 5.41) is 21.4. The van der Waals surface area contributed by atoms with Gasteiger partial charge in [0.2, 0.25) is 11.3 Å². The number of amides is 1. The highest BCUT2D eigenvalue weighted by molar-refractivity contribution is 5.72. The molecular weight excluding hydrogens is 286 g/mol. The van der Waals surface area contributed by atoms with E-state index in [1.54, 1.807) is 0 Å². The first-order valence-corrected chi connectivity index (χ1v) is 7.48. The van der Waals surface area contributed by atoms with Crippen LogP contribution in [0, 0.1) is 0 Å². The summed E-state index contributed by atoms with van der Waals surface area (Å²) in [6, 6.07) is 1.42. The fourth-order valence-corrected chi connectivity index (χ4v) is 2.18. The van der Waals surface area contributed by atoms with Gasteiger partial charge in [0.15, 0.2) is 5.75 Å². The lowest BCUT2D eigenvalue weighted by Gasteiger charge is -2.22. The van der Waals surface area contributed by atoms with Gasteiger partial charge < -0.3 is 20.1 Å². The number of hydrogen-bond donors (Lipinski definition) is 3. The van der Waals surface area contributed by atoms with E-state index in [4.69, 9.17) is 5.11 Å². The van der Waals surface area contributed by atoms with E-state index in [2.05, 4.69) is 5.32 Å². The third kappa shape index (κ3) is 5.87. The molecule has 0 atom stereocenters. The number of aliphatic hydroxyl groups excluding tert-OH is 1. The summed E-state index contributed by atoms with van der Waals surface area (Å²) in [5.41, 5.74) is 0.370. The summed E-state index contributed by atoms with van der Waals surface area (Å²) < 4.78 is 1.82. The normalized spacial score (nSPS) is 10.9. The van der Waals surface area contributed by atoms with Crippen molar-refractivity contribution in [1.29, 1.82) is 0 Å². The third-order valence-electron chi connectivity index (χ3n) is 3.40. The van der Waals surface area contributed by atoms with E-state index in [1.807, 2.05) is 16.4 Å². The lowest BCUT2D eigenvalue weighted by Crippen LogP contribution is -2.29. The quantitative estimate of drug-likeness (QED) is 0.553. The van der Waals surface area contributed by atoms with Crippen molar-refractivity contribution in [2.24, 2.45) is 0 Å². The zero-order valence-corrected chi connectivity index (χ0v) is 13.2. The van der Waals surface area contributed by atoms with Crippen LogP contribution in [0.2, 0.25) is 0 Å². The van der Waals surface area contributed by atoms with Crippen molar-refractivity contribution in [2.45, 2.75) is 33.4 Å². The van der Waals surface area contributed by atoms with Crippen LogP contribution in [0.3, 0.4) is 0 Å². The van der Waals surface area contributed by atoms with E-state index in [1.165, 1.54) is 19.2 Å². The van der Waals surface area contributed by atoms with Gasteiger partial charge in [-0.15, -0.1) is 0 Å². The second-order valence-corrected chi connectivity index (χ2v) is 5.14. The van der Waals surface area contributed by atoms with Gasteiger partial charge in [0.1, 0.15) is 0 Å². The fourth-order valence-electron chi connectivity index (χ4n) is 2.18. The van der Waals surface area contributed by atoms with Crippen molar-refractivity contribution in [2.75, 3.05) is 26.2 Å². The van der Waals surface area contributed by atoms with Crippen LogP contribution in [0.25, 0.3) is 0 Å². The summed E-state index contributed by atoms with van der Waals surface area (Å²) in [4.78, 5) is 24.5. The highest BCUT2D eigenvalue weighted by atomic mass is 16.3. The summed E-state index contributed by atoms with van der Waals surface area (Å²) in [6.45, 7) is 6.42. The molecule has 1 amide bonds. The number of carbonyl (C=O) groups is 1. The number of aryl methyl sites for hydroxylation is 1. The van der Waals surface area contributed by atoms with E-state index < -0.39 is 5.43 Å². The van der Waals surface area contributed by atoms with E-state index in [9.17, 15) is 14.7 Å². The molecule has 0 spiro atoms. The highest BCUT2D eigenvalue weighted by Gasteiger charge is 2.10. The van der Waals surface area contributed by atoms with Crippen molar-refractivity contribution in [3.05, 3.63) is 28.2 Å². The molecule has 1 aromatic heterocycles. The largest absolute Gasteiger partial charge is 0.503 e. The zero-order chi connectivity index (χ0) is 16.5. The standard InChI is InChI=1S/C15H25N3O4/c1-3-17(7-8-19)10-13-9-14(21)15(22)11-18(13)6-4-5-16-12(2)20/h9,11,19,22H,3-8,10H2,1-2H3,(H,16,20). The molecule has 0 aliphatic carbocycles. The minimum Gasteiger partial charge on any atom is -0.503 e. The molecule has 1 heterocycles. The zero-order valence-electron chi connectivity index (χ0n) is 13.2. The van der Waals surface area contributed by atoms with Crippen LogP contribution < -0.4 is 10.7 Å². The predicted octanol–water partition coefficient (Wildman–Crippen LogP) is -0.106. The van der Waals surface area contributed by atoms with Crippen molar-refractivity contribution in [3.8, 4) is 5.75 Å². The second-order valence-electron chi connectivity index (χ2n) is 5.14. The van der Waals surface area contributed by atoms with Gasteiger partial charge in [-0.1, -0.05) is 6.92 Å². The number of aliphatic hydroxyl groups is 1. The van der Waals surface area contributed by atoms with Crippen LogP contribution in [-0.2, 0) is 17.9 Å². The molecule has 7 heteroatoms. The molecule has 0 saturated carbocycles. The Morgan fingerprint density at radius 3 is 2.77 bits per heavy atom. The summed E-state index contributed by atoms with van der Waals surface area (Å²) in [5.74, 6) is -0.364. The molecule has 0 aromatic carbocycles. The van der Waals surface area contributed by atoms with Crippen molar-refractivity contribution in [3.63, 3.8) is 0 Å². The van der Waals surface area contributed by atoms with Gasteiger partial charge >= 0.3 is 0 Å². The van der Waals surface area contributed by atoms with Gasteiger partial charge in [-0.2, -0.15) is 0 Å². The Balaban J connectivity index is 2.82. The number of hydrogen-bond acceptors (Lipinski definition) is 5. The first-order valence-electron chi connectivity index (χ1n) is 7.48. The smallest absolute Gasteiger partial charge is 0.223 e. The fraction of sp³-hybridized carbons (Fsp3) is 0.600. The number of nitrogens with zero attached hydrogens (tertiary/aromatic N) is 2. The van der Waals surface area contributed by atoms with Gasteiger partial charge in [-0.05, 0) is 13.0 Å². The molecule has 0 bridgehead atoms. The van der Waals surface area contributed by atoms with Gasteiger partial charge in [0.05, 0.1) is 12.8 Å². The molecular formula is C15H25N3O4. The average Bonchev–Trinajstić information content (AvgIpc) is 2.47. The van der Waals surface area contributed by atoms with E-state index in [0.717, 1.165) is 12.2 Å². The second kappa shape index (κ2) is 9.22. The van der Waals surface area contributed by atoms with Crippen LogP contribution in [0.5, 0.6) is 5.75 Å². The van der Waals surface area contributed by atoms with Crippen molar-refractivity contribution < 1.29 is 15.0 Å². The molecule has 0 unspecified atom stereocenters. The predicted molar refractivity (Wildman–Crippen MR) is 83.7 cm³/mol.